The summed E-state index contributed by atoms with van der Waals surface area (Å²) >= 11 is 2.91. The number of carbonyl (C=O) groups excluding carboxylic acids is 1. The van der Waals surface area contributed by atoms with E-state index in [9.17, 15) is 9.18 Å². The van der Waals surface area contributed by atoms with Gasteiger partial charge in [0.2, 0.25) is 5.95 Å². The quantitative estimate of drug-likeness (QED) is 0.301. The van der Waals surface area contributed by atoms with E-state index in [1.165, 1.54) is 39.9 Å². The molecule has 0 saturated carbocycles. The van der Waals surface area contributed by atoms with Gasteiger partial charge in [-0.3, -0.25) is 0 Å². The van der Waals surface area contributed by atoms with Gasteiger partial charge in [0.1, 0.15) is 16.9 Å². The molecule has 4 aromatic rings. The number of benzene rings is 2. The first-order chi connectivity index (χ1) is 16.6. The number of rotatable bonds is 7. The summed E-state index contributed by atoms with van der Waals surface area (Å²) in [4.78, 5) is 13.1. The van der Waals surface area contributed by atoms with Crippen molar-refractivity contribution in [3.63, 3.8) is 0 Å². The van der Waals surface area contributed by atoms with Crippen LogP contribution in [0.25, 0.3) is 10.6 Å². The van der Waals surface area contributed by atoms with Gasteiger partial charge >= 0.3 is 5.97 Å². The molecule has 0 radical (unpaired) electrons. The van der Waals surface area contributed by atoms with Crippen LogP contribution in [0.1, 0.15) is 18.5 Å². The number of nitrogens with zero attached hydrogens (tertiary/aromatic N) is 6. The molecule has 1 aliphatic heterocycles. The van der Waals surface area contributed by atoms with E-state index in [1.807, 2.05) is 30.3 Å². The summed E-state index contributed by atoms with van der Waals surface area (Å²) in [6.45, 7) is 1.95. The highest BCUT2D eigenvalue weighted by atomic mass is 32.2. The van der Waals surface area contributed by atoms with Crippen molar-refractivity contribution in [2.24, 2.45) is 0 Å². The summed E-state index contributed by atoms with van der Waals surface area (Å²) in [7, 11) is 0. The number of esters is 1. The van der Waals surface area contributed by atoms with Crippen LogP contribution in [-0.4, -0.2) is 48.7 Å². The molecule has 0 aliphatic carbocycles. The third-order valence-electron chi connectivity index (χ3n) is 5.05. The maximum atomic E-state index is 13.6. The van der Waals surface area contributed by atoms with E-state index in [0.717, 1.165) is 14.9 Å². The smallest absolute Gasteiger partial charge is 0.338 e. The van der Waals surface area contributed by atoms with Crippen molar-refractivity contribution in [2.75, 3.05) is 17.7 Å². The van der Waals surface area contributed by atoms with Crippen molar-refractivity contribution in [2.45, 2.75) is 17.3 Å². The lowest BCUT2D eigenvalue weighted by Crippen LogP contribution is -2.31. The number of ether oxygens (including phenoxy) is 1. The predicted octanol–water partition coefficient (Wildman–Crippen LogP) is 3.96. The van der Waals surface area contributed by atoms with Gasteiger partial charge in [0.25, 0.3) is 0 Å². The lowest BCUT2D eigenvalue weighted by Gasteiger charge is -2.28. The number of aromatic nitrogens is 6. The molecule has 1 unspecified atom stereocenters. The zero-order chi connectivity index (χ0) is 23.5. The summed E-state index contributed by atoms with van der Waals surface area (Å²) < 4.78 is 21.2. The zero-order valence-corrected chi connectivity index (χ0v) is 19.5. The topological polar surface area (TPSA) is 108 Å². The number of anilines is 1. The molecule has 0 saturated heterocycles. The number of hydrogen-bond acceptors (Lipinski definition) is 10. The van der Waals surface area contributed by atoms with E-state index >= 15 is 0 Å². The molecule has 2 aromatic carbocycles. The molecule has 1 N–H and O–H groups in total. The molecule has 172 valence electrons. The van der Waals surface area contributed by atoms with Gasteiger partial charge < -0.3 is 10.1 Å². The molecular weight excluding hydrogens is 477 g/mol. The maximum absolute atomic E-state index is 13.6. The molecule has 2 aromatic heterocycles. The number of tetrazole rings is 1. The monoisotopic (exact) mass is 495 g/mol. The van der Waals surface area contributed by atoms with Crippen LogP contribution in [0, 0.1) is 5.82 Å². The van der Waals surface area contributed by atoms with E-state index in [2.05, 4.69) is 31.0 Å². The molecule has 9 nitrogen and oxygen atoms in total. The molecule has 1 aliphatic rings. The van der Waals surface area contributed by atoms with E-state index in [0.29, 0.717) is 28.5 Å². The van der Waals surface area contributed by atoms with Crippen molar-refractivity contribution in [1.29, 1.82) is 0 Å². The van der Waals surface area contributed by atoms with Crippen LogP contribution in [0.3, 0.4) is 0 Å². The average Bonchev–Trinajstić information content (AvgIpc) is 3.53. The van der Waals surface area contributed by atoms with Gasteiger partial charge in [0.05, 0.1) is 12.2 Å². The Bertz CT molecular complexity index is 1340. The fourth-order valence-corrected chi connectivity index (χ4v) is 5.38. The first kappa shape index (κ1) is 22.2. The third kappa shape index (κ3) is 4.41. The zero-order valence-electron chi connectivity index (χ0n) is 17.9. The first-order valence-electron chi connectivity index (χ1n) is 10.4. The molecule has 0 fully saturated rings. The van der Waals surface area contributed by atoms with Gasteiger partial charge in [-0.25, -0.2) is 9.18 Å². The van der Waals surface area contributed by atoms with Crippen LogP contribution in [0.15, 0.2) is 70.2 Å². The minimum absolute atomic E-state index is 0.207. The highest BCUT2D eigenvalue weighted by Gasteiger charge is 2.36. The Labute approximate surface area is 202 Å². The summed E-state index contributed by atoms with van der Waals surface area (Å²) in [6, 6.07) is 15.0. The van der Waals surface area contributed by atoms with Gasteiger partial charge in [-0.2, -0.15) is 4.68 Å². The van der Waals surface area contributed by atoms with Gasteiger partial charge in [0.15, 0.2) is 4.34 Å². The number of thioether (sulfide) groups is 1. The summed E-state index contributed by atoms with van der Waals surface area (Å²) in [5.41, 5.74) is 2.60. The first-order valence-corrected chi connectivity index (χ1v) is 12.2. The third-order valence-corrected chi connectivity index (χ3v) is 7.18. The van der Waals surface area contributed by atoms with Crippen molar-refractivity contribution in [3.05, 3.63) is 77.2 Å². The minimum Gasteiger partial charge on any atom is -0.463 e. The summed E-state index contributed by atoms with van der Waals surface area (Å²) in [5.74, 6) is -0.122. The van der Waals surface area contributed by atoms with Crippen molar-refractivity contribution >= 4 is 35.0 Å². The van der Waals surface area contributed by atoms with Crippen LogP contribution in [0.5, 0.6) is 0 Å². The van der Waals surface area contributed by atoms with E-state index < -0.39 is 12.0 Å². The van der Waals surface area contributed by atoms with Crippen LogP contribution in [0.4, 0.5) is 10.3 Å². The number of nitrogens with one attached hydrogen (secondary N) is 1. The normalized spacial score (nSPS) is 15.1. The lowest BCUT2D eigenvalue weighted by atomic mass is 9.96. The molecule has 0 bridgehead atoms. The Kier molecular flexibility index (Phi) is 6.32. The SMILES string of the molecule is CCOC(=O)C1=C(CSc2nnc(-c3ccccc3)s2)Nc2nnnn2C1c1ccc(F)cc1. The Morgan fingerprint density at radius 1 is 1.15 bits per heavy atom. The Morgan fingerprint density at radius 2 is 1.94 bits per heavy atom. The molecule has 3 heterocycles. The van der Waals surface area contributed by atoms with Crippen molar-refractivity contribution < 1.29 is 13.9 Å². The largest absolute Gasteiger partial charge is 0.463 e. The van der Waals surface area contributed by atoms with Crippen LogP contribution >= 0.6 is 23.1 Å². The summed E-state index contributed by atoms with van der Waals surface area (Å²) in [5, 5.41) is 24.4. The molecule has 5 rings (SSSR count). The average molecular weight is 496 g/mol. The maximum Gasteiger partial charge on any atom is 0.338 e. The van der Waals surface area contributed by atoms with Crippen LogP contribution < -0.4 is 5.32 Å². The van der Waals surface area contributed by atoms with Gasteiger partial charge in [0, 0.05) is 17.0 Å². The molecule has 0 spiro atoms. The van der Waals surface area contributed by atoms with Crippen LogP contribution in [-0.2, 0) is 9.53 Å². The van der Waals surface area contributed by atoms with E-state index in [1.54, 1.807) is 19.1 Å². The van der Waals surface area contributed by atoms with E-state index in [4.69, 9.17) is 4.74 Å². The molecule has 34 heavy (non-hydrogen) atoms. The molecule has 1 atom stereocenters. The predicted molar refractivity (Wildman–Crippen MR) is 126 cm³/mol. The standard InChI is InChI=1S/C22H18FN7O2S2/c1-2-32-20(31)17-16(12-33-22-27-25-19(34-22)14-6-4-3-5-7-14)24-21-26-28-29-30(21)18(17)13-8-10-15(23)11-9-13/h3-11,18H,2,12H2,1H3,(H,24,26,29). The lowest BCUT2D eigenvalue weighted by molar-refractivity contribution is -0.139. The highest BCUT2D eigenvalue weighted by Crippen LogP contribution is 2.38. The second-order valence-corrected chi connectivity index (χ2v) is 9.37. The van der Waals surface area contributed by atoms with Crippen molar-refractivity contribution in [3.8, 4) is 10.6 Å². The number of carbonyl (C=O) groups is 1. The Morgan fingerprint density at radius 3 is 2.71 bits per heavy atom. The Hall–Kier alpha value is -3.64. The fourth-order valence-electron chi connectivity index (χ4n) is 3.55. The molecule has 12 heteroatoms. The van der Waals surface area contributed by atoms with Gasteiger partial charge in [-0.1, -0.05) is 70.7 Å². The second kappa shape index (κ2) is 9.69. The number of halogens is 1. The van der Waals surface area contributed by atoms with Crippen LogP contribution in [0.2, 0.25) is 0 Å². The molecule has 0 amide bonds. The van der Waals surface area contributed by atoms with Gasteiger partial charge in [-0.05, 0) is 35.0 Å². The minimum atomic E-state index is -0.671. The number of hydrogen-bond donors (Lipinski definition) is 1. The van der Waals surface area contributed by atoms with E-state index in [-0.39, 0.29) is 12.4 Å². The Balaban J connectivity index is 1.49. The summed E-state index contributed by atoms with van der Waals surface area (Å²) in [6.07, 6.45) is 0. The molecular formula is C22H18FN7O2S2. The van der Waals surface area contributed by atoms with Gasteiger partial charge in [-0.15, -0.1) is 10.2 Å². The second-order valence-electron chi connectivity index (χ2n) is 7.17. The number of fused-ring (bicyclic) bond motifs is 1. The van der Waals surface area contributed by atoms with Crippen molar-refractivity contribution in [1.82, 2.24) is 30.4 Å². The fraction of sp³-hybridized carbons (Fsp3) is 0.182. The highest BCUT2D eigenvalue weighted by molar-refractivity contribution is 8.01.